The van der Waals surface area contributed by atoms with Gasteiger partial charge in [0.25, 0.3) is 10.0 Å². The summed E-state index contributed by atoms with van der Waals surface area (Å²) in [4.78, 5) is 3.96. The molecule has 0 saturated carbocycles. The third-order valence-electron chi connectivity index (χ3n) is 2.79. The van der Waals surface area contributed by atoms with Crippen molar-refractivity contribution in [2.24, 2.45) is 5.73 Å². The van der Waals surface area contributed by atoms with Crippen LogP contribution in [0.3, 0.4) is 0 Å². The van der Waals surface area contributed by atoms with Gasteiger partial charge in [-0.1, -0.05) is 24.3 Å². The highest BCUT2D eigenvalue weighted by molar-refractivity contribution is 7.91. The molecule has 0 unspecified atom stereocenters. The van der Waals surface area contributed by atoms with Gasteiger partial charge in [-0.05, 0) is 31.0 Å². The number of thiazole rings is 1. The van der Waals surface area contributed by atoms with Gasteiger partial charge in [-0.2, -0.15) is 0 Å². The molecular weight excluding hydrogens is 294 g/mol. The van der Waals surface area contributed by atoms with Crippen molar-refractivity contribution >= 4 is 21.4 Å². The Labute approximate surface area is 122 Å². The Bertz CT molecular complexity index is 663. The Morgan fingerprint density at radius 1 is 1.25 bits per heavy atom. The summed E-state index contributed by atoms with van der Waals surface area (Å²) in [6.07, 6.45) is 2.21. The first-order valence-electron chi connectivity index (χ1n) is 6.21. The molecule has 1 aromatic heterocycles. The topological polar surface area (TPSA) is 85.1 Å². The van der Waals surface area contributed by atoms with Crippen LogP contribution < -0.4 is 10.5 Å². The van der Waals surface area contributed by atoms with Crippen LogP contribution in [-0.4, -0.2) is 19.9 Å². The second kappa shape index (κ2) is 6.45. The largest absolute Gasteiger partial charge is 0.330 e. The highest BCUT2D eigenvalue weighted by Crippen LogP contribution is 2.17. The molecule has 0 aliphatic carbocycles. The van der Waals surface area contributed by atoms with Gasteiger partial charge in [0.15, 0.2) is 4.21 Å². The molecule has 1 heterocycles. The van der Waals surface area contributed by atoms with Gasteiger partial charge < -0.3 is 5.73 Å². The summed E-state index contributed by atoms with van der Waals surface area (Å²) < 4.78 is 26.9. The van der Waals surface area contributed by atoms with Crippen LogP contribution in [0.25, 0.3) is 0 Å². The second-order valence-electron chi connectivity index (χ2n) is 4.38. The first-order chi connectivity index (χ1) is 9.51. The number of aryl methyl sites for hydroxylation is 1. The molecule has 3 N–H and O–H groups in total. The smallest absolute Gasteiger partial charge is 0.251 e. The minimum Gasteiger partial charge on any atom is -0.330 e. The minimum atomic E-state index is -3.47. The summed E-state index contributed by atoms with van der Waals surface area (Å²) in [7, 11) is -3.47. The maximum atomic E-state index is 12.0. The average molecular weight is 311 g/mol. The van der Waals surface area contributed by atoms with E-state index in [1.807, 2.05) is 24.3 Å². The van der Waals surface area contributed by atoms with E-state index in [9.17, 15) is 8.42 Å². The minimum absolute atomic E-state index is 0.245. The van der Waals surface area contributed by atoms with Crippen molar-refractivity contribution in [2.75, 3.05) is 6.54 Å². The van der Waals surface area contributed by atoms with Crippen molar-refractivity contribution in [1.82, 2.24) is 9.71 Å². The number of hydrogen-bond acceptors (Lipinski definition) is 5. The Balaban J connectivity index is 2.01. The molecule has 108 valence electrons. The molecule has 0 fully saturated rings. The highest BCUT2D eigenvalue weighted by atomic mass is 32.2. The summed E-state index contributed by atoms with van der Waals surface area (Å²) in [5.41, 5.74) is 7.55. The van der Waals surface area contributed by atoms with Crippen LogP contribution in [-0.2, 0) is 23.0 Å². The van der Waals surface area contributed by atoms with E-state index in [-0.39, 0.29) is 10.8 Å². The first-order valence-corrected chi connectivity index (χ1v) is 8.51. The molecule has 0 bridgehead atoms. The number of benzene rings is 1. The summed E-state index contributed by atoms with van der Waals surface area (Å²) in [5.74, 6) is 0. The van der Waals surface area contributed by atoms with E-state index in [1.165, 1.54) is 6.20 Å². The summed E-state index contributed by atoms with van der Waals surface area (Å²) in [5, 5.41) is 0.733. The molecule has 0 aliphatic heterocycles. The van der Waals surface area contributed by atoms with Crippen molar-refractivity contribution in [3.05, 3.63) is 46.6 Å². The van der Waals surface area contributed by atoms with Crippen LogP contribution in [0.2, 0.25) is 0 Å². The van der Waals surface area contributed by atoms with Crippen molar-refractivity contribution in [3.8, 4) is 0 Å². The fraction of sp³-hybridized carbons (Fsp3) is 0.308. The molecule has 20 heavy (non-hydrogen) atoms. The number of aromatic nitrogens is 1. The van der Waals surface area contributed by atoms with E-state index in [0.29, 0.717) is 6.54 Å². The van der Waals surface area contributed by atoms with Crippen LogP contribution >= 0.6 is 11.3 Å². The zero-order valence-corrected chi connectivity index (χ0v) is 12.8. The quantitative estimate of drug-likeness (QED) is 0.845. The number of sulfonamides is 1. The van der Waals surface area contributed by atoms with Crippen molar-refractivity contribution in [2.45, 2.75) is 24.1 Å². The van der Waals surface area contributed by atoms with E-state index in [0.717, 1.165) is 33.9 Å². The van der Waals surface area contributed by atoms with E-state index in [4.69, 9.17) is 5.73 Å². The average Bonchev–Trinajstić information content (AvgIpc) is 2.86. The Hall–Kier alpha value is -1.28. The Kier molecular flexibility index (Phi) is 4.87. The highest BCUT2D eigenvalue weighted by Gasteiger charge is 2.16. The number of rotatable bonds is 6. The normalized spacial score (nSPS) is 11.7. The number of hydrogen-bond donors (Lipinski definition) is 2. The summed E-state index contributed by atoms with van der Waals surface area (Å²) >= 11 is 1.16. The van der Waals surface area contributed by atoms with Crippen LogP contribution in [0.5, 0.6) is 0 Å². The monoisotopic (exact) mass is 311 g/mol. The predicted molar refractivity (Wildman–Crippen MR) is 80.1 cm³/mol. The third kappa shape index (κ3) is 3.86. The van der Waals surface area contributed by atoms with Gasteiger partial charge in [0.05, 0.1) is 11.2 Å². The fourth-order valence-electron chi connectivity index (χ4n) is 1.71. The lowest BCUT2D eigenvalue weighted by Crippen LogP contribution is -2.22. The van der Waals surface area contributed by atoms with Gasteiger partial charge >= 0.3 is 0 Å². The number of nitrogens with two attached hydrogens (primary N) is 1. The lowest BCUT2D eigenvalue weighted by molar-refractivity contribution is 0.583. The standard InChI is InChI=1S/C13H17N3O2S2/c1-10-15-9-13(19-10)20(17,18)16-8-12-4-2-11(3-5-12)6-7-14/h2-5,9,16H,6-8,14H2,1H3. The van der Waals surface area contributed by atoms with E-state index in [1.54, 1.807) is 6.92 Å². The van der Waals surface area contributed by atoms with Crippen LogP contribution in [0.4, 0.5) is 0 Å². The Morgan fingerprint density at radius 2 is 1.90 bits per heavy atom. The van der Waals surface area contributed by atoms with Gasteiger partial charge in [0.2, 0.25) is 0 Å². The van der Waals surface area contributed by atoms with Gasteiger partial charge in [-0.15, -0.1) is 11.3 Å². The van der Waals surface area contributed by atoms with Gasteiger partial charge in [-0.25, -0.2) is 18.1 Å². The molecule has 0 atom stereocenters. The van der Waals surface area contributed by atoms with Gasteiger partial charge in [-0.3, -0.25) is 0 Å². The van der Waals surface area contributed by atoms with Crippen LogP contribution in [0.1, 0.15) is 16.1 Å². The fourth-order valence-corrected chi connectivity index (χ4v) is 3.88. The SMILES string of the molecule is Cc1ncc(S(=O)(=O)NCc2ccc(CCN)cc2)s1. The Morgan fingerprint density at radius 3 is 2.45 bits per heavy atom. The van der Waals surface area contributed by atoms with E-state index >= 15 is 0 Å². The molecule has 0 saturated heterocycles. The predicted octanol–water partition coefficient (Wildman–Crippen LogP) is 1.43. The maximum absolute atomic E-state index is 12.0. The molecule has 0 amide bonds. The van der Waals surface area contributed by atoms with Crippen LogP contribution in [0, 0.1) is 6.92 Å². The van der Waals surface area contributed by atoms with E-state index in [2.05, 4.69) is 9.71 Å². The van der Waals surface area contributed by atoms with Gasteiger partial charge in [0, 0.05) is 6.54 Å². The lowest BCUT2D eigenvalue weighted by Gasteiger charge is -2.05. The molecule has 2 aromatic rings. The maximum Gasteiger partial charge on any atom is 0.251 e. The van der Waals surface area contributed by atoms with Crippen molar-refractivity contribution in [3.63, 3.8) is 0 Å². The van der Waals surface area contributed by atoms with Crippen molar-refractivity contribution in [1.29, 1.82) is 0 Å². The first kappa shape index (κ1) is 15.1. The van der Waals surface area contributed by atoms with E-state index < -0.39 is 10.0 Å². The van der Waals surface area contributed by atoms with Crippen LogP contribution in [0.15, 0.2) is 34.7 Å². The molecule has 0 aliphatic rings. The van der Waals surface area contributed by atoms with Gasteiger partial charge in [0.1, 0.15) is 0 Å². The molecule has 1 aromatic carbocycles. The molecule has 5 nitrogen and oxygen atoms in total. The molecule has 0 radical (unpaired) electrons. The molecule has 0 spiro atoms. The third-order valence-corrected chi connectivity index (χ3v) is 5.56. The molecule has 2 rings (SSSR count). The second-order valence-corrected chi connectivity index (χ2v) is 7.61. The van der Waals surface area contributed by atoms with Crippen molar-refractivity contribution < 1.29 is 8.42 Å². The molecule has 7 heteroatoms. The summed E-state index contributed by atoms with van der Waals surface area (Å²) in [6.45, 7) is 2.65. The molecular formula is C13H17N3O2S2. The number of nitrogens with one attached hydrogen (secondary N) is 1. The number of nitrogens with zero attached hydrogens (tertiary/aromatic N) is 1. The summed E-state index contributed by atoms with van der Waals surface area (Å²) in [6, 6.07) is 7.75. The zero-order valence-electron chi connectivity index (χ0n) is 11.2. The lowest BCUT2D eigenvalue weighted by atomic mass is 10.1. The zero-order chi connectivity index (χ0) is 14.6.